The Morgan fingerprint density at radius 2 is 1.12 bits per heavy atom. The molecule has 364 valence electrons. The van der Waals surface area contributed by atoms with Crippen LogP contribution in [-0.2, 0) is 42.6 Å². The predicted octanol–water partition coefficient (Wildman–Crippen LogP) is 6.18. The molecule has 2 N–H and O–H groups in total. The number of carbonyl (C=O) groups is 1. The summed E-state index contributed by atoms with van der Waals surface area (Å²) in [5.41, 5.74) is 6.92. The number of anilines is 2. The van der Waals surface area contributed by atoms with Gasteiger partial charge in [0, 0.05) is 22.3 Å². The van der Waals surface area contributed by atoms with Crippen molar-refractivity contribution in [2.24, 2.45) is 5.73 Å². The molecule has 0 aliphatic carbocycles. The number of nitrogens with two attached hydrogens (primary N) is 1. The summed E-state index contributed by atoms with van der Waals surface area (Å²) < 4.78 is 128. The molecule has 0 unspecified atom stereocenters. The Balaban J connectivity index is 0.000000185. The standard InChI is InChI=1S/C24H25F3N4O4S.C23H28FN3O4S/c25-21-12-16(23-28-29-24(35-23)22(26)27)6-7-17(21)13-31(18-4-2-1-3-5-18)36(32,33)20-8-10-30(11-9-20)19-14-34-15-19;24-22-12-17(23(28)13-25)6-7-18(22)14-27(19-4-2-1-3-5-19)32(29,30)21-8-10-26(11-9-21)20-15-31-16-20/h1-7,12,19-20,22H,8-11,13-15H2;1-7,12,20-21H,8-11,13-16,25H2. The fraction of sp³-hybridized carbons (Fsp3) is 0.426. The quantitative estimate of drug-likeness (QED) is 0.0876. The first-order valence-corrected chi connectivity index (χ1v) is 25.4. The predicted molar refractivity (Wildman–Crippen MR) is 246 cm³/mol. The van der Waals surface area contributed by atoms with Crippen molar-refractivity contribution in [2.75, 3.05) is 67.8 Å². The van der Waals surface area contributed by atoms with Gasteiger partial charge in [0.15, 0.2) is 5.78 Å². The molecule has 21 heteroatoms. The molecule has 68 heavy (non-hydrogen) atoms. The Bertz CT molecular complexity index is 2720. The molecule has 4 aliphatic heterocycles. The molecule has 4 fully saturated rings. The van der Waals surface area contributed by atoms with Gasteiger partial charge in [-0.05, 0) is 94.3 Å². The first-order chi connectivity index (χ1) is 32.7. The second kappa shape index (κ2) is 21.6. The van der Waals surface area contributed by atoms with Gasteiger partial charge in [0.1, 0.15) is 11.6 Å². The van der Waals surface area contributed by atoms with Crippen molar-refractivity contribution in [3.05, 3.63) is 131 Å². The van der Waals surface area contributed by atoms with Gasteiger partial charge in [-0.3, -0.25) is 23.2 Å². The fourth-order valence-electron chi connectivity index (χ4n) is 8.67. The molecule has 0 saturated carbocycles. The number of ether oxygens (including phenoxy) is 2. The van der Waals surface area contributed by atoms with Crippen LogP contribution in [0.1, 0.15) is 59.5 Å². The number of nitrogens with zero attached hydrogens (tertiary/aromatic N) is 6. The Labute approximate surface area is 392 Å². The van der Waals surface area contributed by atoms with Gasteiger partial charge in [-0.1, -0.05) is 54.6 Å². The van der Waals surface area contributed by atoms with E-state index in [0.717, 1.165) is 12.1 Å². The number of benzene rings is 4. The summed E-state index contributed by atoms with van der Waals surface area (Å²) in [6, 6.07) is 26.1. The van der Waals surface area contributed by atoms with E-state index in [1.54, 1.807) is 60.7 Å². The van der Waals surface area contributed by atoms with E-state index in [4.69, 9.17) is 19.6 Å². The maximum Gasteiger partial charge on any atom is 0.314 e. The number of Topliss-reactive ketones (excluding diaryl/α,β-unsaturated/α-hetero) is 1. The van der Waals surface area contributed by atoms with Gasteiger partial charge < -0.3 is 19.6 Å². The van der Waals surface area contributed by atoms with Crippen LogP contribution in [0.5, 0.6) is 0 Å². The topological polar surface area (TPSA) is 182 Å². The lowest BCUT2D eigenvalue weighted by molar-refractivity contribution is -0.0695. The second-order valence-electron chi connectivity index (χ2n) is 17.1. The van der Waals surface area contributed by atoms with E-state index in [1.165, 1.54) is 32.9 Å². The summed E-state index contributed by atoms with van der Waals surface area (Å²) in [5, 5.41) is 5.65. The molecule has 15 nitrogen and oxygen atoms in total. The highest BCUT2D eigenvalue weighted by molar-refractivity contribution is 7.93. The van der Waals surface area contributed by atoms with Gasteiger partial charge in [0.05, 0.1) is 80.0 Å². The third kappa shape index (κ3) is 11.1. The van der Waals surface area contributed by atoms with Gasteiger partial charge >= 0.3 is 6.43 Å². The largest absolute Gasteiger partial charge is 0.415 e. The number of ketones is 1. The lowest BCUT2D eigenvalue weighted by atomic mass is 10.1. The molecular formula is C47H53F4N7O8S2. The third-order valence-electron chi connectivity index (χ3n) is 12.9. The highest BCUT2D eigenvalue weighted by Gasteiger charge is 2.40. The number of alkyl halides is 2. The zero-order valence-electron chi connectivity index (χ0n) is 37.1. The van der Waals surface area contributed by atoms with E-state index in [1.807, 2.05) is 0 Å². The molecule has 4 aromatic carbocycles. The number of halogens is 4. The summed E-state index contributed by atoms with van der Waals surface area (Å²) in [5.74, 6) is -2.80. The number of hydrogen-bond donors (Lipinski definition) is 1. The number of carbonyl (C=O) groups excluding carboxylic acids is 1. The minimum atomic E-state index is -3.81. The van der Waals surface area contributed by atoms with E-state index < -0.39 is 54.5 Å². The number of rotatable bonds is 16. The van der Waals surface area contributed by atoms with Gasteiger partial charge in [-0.25, -0.2) is 25.6 Å². The van der Waals surface area contributed by atoms with Crippen LogP contribution in [0.25, 0.3) is 11.5 Å². The first kappa shape index (κ1) is 49.1. The zero-order chi connectivity index (χ0) is 48.0. The molecule has 5 heterocycles. The van der Waals surface area contributed by atoms with E-state index in [-0.39, 0.29) is 53.6 Å². The maximum absolute atomic E-state index is 15.1. The molecule has 9 rings (SSSR count). The van der Waals surface area contributed by atoms with E-state index in [0.29, 0.717) is 102 Å². The lowest BCUT2D eigenvalue weighted by Gasteiger charge is -2.42. The van der Waals surface area contributed by atoms with Crippen LogP contribution in [0.4, 0.5) is 28.9 Å². The van der Waals surface area contributed by atoms with Gasteiger partial charge in [0.25, 0.3) is 5.89 Å². The third-order valence-corrected chi connectivity index (χ3v) is 17.4. The van der Waals surface area contributed by atoms with Gasteiger partial charge in [-0.15, -0.1) is 10.2 Å². The molecule has 5 aromatic rings. The highest BCUT2D eigenvalue weighted by atomic mass is 32.2. The second-order valence-corrected chi connectivity index (χ2v) is 21.4. The first-order valence-electron chi connectivity index (χ1n) is 22.4. The summed E-state index contributed by atoms with van der Waals surface area (Å²) in [6.07, 6.45) is -0.933. The Kier molecular flexibility index (Phi) is 15.6. The van der Waals surface area contributed by atoms with Crippen molar-refractivity contribution >= 4 is 37.2 Å². The average molecular weight is 984 g/mol. The number of sulfonamides is 2. The van der Waals surface area contributed by atoms with Crippen LogP contribution in [-0.4, -0.2) is 124 Å². The van der Waals surface area contributed by atoms with E-state index >= 15 is 4.39 Å². The van der Waals surface area contributed by atoms with Crippen molar-refractivity contribution < 1.29 is 53.1 Å². The number of likely N-dealkylation sites (tertiary alicyclic amines) is 2. The number of piperidine rings is 2. The highest BCUT2D eigenvalue weighted by Crippen LogP contribution is 2.33. The Morgan fingerprint density at radius 3 is 1.50 bits per heavy atom. The summed E-state index contributed by atoms with van der Waals surface area (Å²) in [6.45, 7) is 4.90. The van der Waals surface area contributed by atoms with Crippen LogP contribution >= 0.6 is 0 Å². The van der Waals surface area contributed by atoms with Crippen LogP contribution in [0, 0.1) is 11.6 Å². The van der Waals surface area contributed by atoms with E-state index in [9.17, 15) is 34.8 Å². The molecule has 0 spiro atoms. The fourth-order valence-corrected chi connectivity index (χ4v) is 12.5. The minimum Gasteiger partial charge on any atom is -0.415 e. The van der Waals surface area contributed by atoms with Crippen molar-refractivity contribution in [1.29, 1.82) is 0 Å². The normalized spacial score (nSPS) is 18.1. The number of hydrogen-bond acceptors (Lipinski definition) is 13. The molecule has 0 amide bonds. The van der Waals surface area contributed by atoms with Crippen LogP contribution < -0.4 is 14.3 Å². The molecule has 4 aliphatic rings. The monoisotopic (exact) mass is 983 g/mol. The Morgan fingerprint density at radius 1 is 0.662 bits per heavy atom. The van der Waals surface area contributed by atoms with Gasteiger partial charge in [-0.2, -0.15) is 8.78 Å². The molecule has 4 saturated heterocycles. The minimum absolute atomic E-state index is 0.122. The molecule has 0 bridgehead atoms. The number of para-hydroxylation sites is 2. The smallest absolute Gasteiger partial charge is 0.314 e. The summed E-state index contributed by atoms with van der Waals surface area (Å²) >= 11 is 0. The number of aromatic nitrogens is 2. The van der Waals surface area contributed by atoms with Crippen molar-refractivity contribution in [3.63, 3.8) is 0 Å². The average Bonchev–Trinajstić information content (AvgIpc) is 3.82. The molecule has 1 aromatic heterocycles. The summed E-state index contributed by atoms with van der Waals surface area (Å²) in [7, 11) is -7.55. The molecule has 0 atom stereocenters. The summed E-state index contributed by atoms with van der Waals surface area (Å²) in [4.78, 5) is 16.3. The van der Waals surface area contributed by atoms with Crippen LogP contribution in [0.15, 0.2) is 101 Å². The zero-order valence-corrected chi connectivity index (χ0v) is 38.7. The Hall–Kier alpha value is -5.29. The van der Waals surface area contributed by atoms with E-state index in [2.05, 4.69) is 20.0 Å². The van der Waals surface area contributed by atoms with Crippen molar-refractivity contribution in [3.8, 4) is 11.5 Å². The molecular weight excluding hydrogens is 931 g/mol. The lowest BCUT2D eigenvalue weighted by Crippen LogP contribution is -2.54. The van der Waals surface area contributed by atoms with Gasteiger partial charge in [0.2, 0.25) is 25.9 Å². The van der Waals surface area contributed by atoms with Crippen molar-refractivity contribution in [2.45, 2.75) is 67.8 Å². The van der Waals surface area contributed by atoms with Crippen LogP contribution in [0.3, 0.4) is 0 Å². The SMILES string of the molecule is NCC(=O)c1ccc(CN(c2ccccc2)S(=O)(=O)C2CCN(C3COC3)CC2)c(F)c1.O=S(=O)(C1CCN(C2COC2)CC1)N(Cc1ccc(-c2nnc(C(F)F)o2)cc1F)c1ccccc1. The van der Waals surface area contributed by atoms with Crippen molar-refractivity contribution in [1.82, 2.24) is 20.0 Å². The molecule has 0 radical (unpaired) electrons. The maximum atomic E-state index is 15.1. The van der Waals surface area contributed by atoms with Crippen LogP contribution in [0.2, 0.25) is 0 Å².